The van der Waals surface area contributed by atoms with Crippen LogP contribution in [-0.4, -0.2) is 36.8 Å². The lowest BCUT2D eigenvalue weighted by atomic mass is 9.96. The zero-order valence-electron chi connectivity index (χ0n) is 11.6. The summed E-state index contributed by atoms with van der Waals surface area (Å²) in [5, 5.41) is 12.2. The zero-order chi connectivity index (χ0) is 14.0. The largest absolute Gasteiger partial charge is 0.482 e. The average molecular weight is 264 g/mol. The van der Waals surface area contributed by atoms with Crippen molar-refractivity contribution in [1.82, 2.24) is 0 Å². The summed E-state index contributed by atoms with van der Waals surface area (Å²) in [4.78, 5) is 13.9. The minimum atomic E-state index is -0.448. The zero-order valence-corrected chi connectivity index (χ0v) is 11.6. The topological polar surface area (TPSA) is 61.8 Å². The van der Waals surface area contributed by atoms with E-state index in [4.69, 9.17) is 4.74 Å². The van der Waals surface area contributed by atoms with Crippen LogP contribution < -0.4 is 15.0 Å². The van der Waals surface area contributed by atoms with Crippen LogP contribution in [0.4, 0.5) is 11.4 Å². The molecule has 0 unspecified atom stereocenters. The molecule has 2 rings (SSSR count). The predicted molar refractivity (Wildman–Crippen MR) is 74.8 cm³/mol. The molecule has 2 N–H and O–H groups in total. The number of fused-ring (bicyclic) bond motifs is 1. The van der Waals surface area contributed by atoms with Crippen molar-refractivity contribution in [3.05, 3.63) is 18.2 Å². The van der Waals surface area contributed by atoms with E-state index in [1.807, 2.05) is 39.1 Å². The van der Waals surface area contributed by atoms with E-state index in [0.29, 0.717) is 12.2 Å². The van der Waals surface area contributed by atoms with Crippen molar-refractivity contribution in [2.24, 2.45) is 0 Å². The van der Waals surface area contributed by atoms with Crippen molar-refractivity contribution < 1.29 is 14.6 Å². The fourth-order valence-corrected chi connectivity index (χ4v) is 2.36. The third-order valence-corrected chi connectivity index (χ3v) is 3.42. The second-order valence-electron chi connectivity index (χ2n) is 5.24. The minimum Gasteiger partial charge on any atom is -0.482 e. The van der Waals surface area contributed by atoms with Crippen molar-refractivity contribution >= 4 is 17.3 Å². The number of aliphatic hydroxyl groups is 1. The molecule has 0 aliphatic carbocycles. The first-order valence-corrected chi connectivity index (χ1v) is 6.38. The van der Waals surface area contributed by atoms with E-state index in [0.717, 1.165) is 11.4 Å². The highest BCUT2D eigenvalue weighted by atomic mass is 16.5. The van der Waals surface area contributed by atoms with Gasteiger partial charge in [-0.25, -0.2) is 0 Å². The Morgan fingerprint density at radius 1 is 1.47 bits per heavy atom. The molecule has 0 saturated carbocycles. The molecule has 104 valence electrons. The second-order valence-corrected chi connectivity index (χ2v) is 5.24. The van der Waals surface area contributed by atoms with Crippen molar-refractivity contribution in [1.29, 1.82) is 0 Å². The van der Waals surface area contributed by atoms with Gasteiger partial charge in [-0.2, -0.15) is 0 Å². The van der Waals surface area contributed by atoms with Gasteiger partial charge in [0.25, 0.3) is 5.91 Å². The Morgan fingerprint density at radius 3 is 2.84 bits per heavy atom. The van der Waals surface area contributed by atoms with Gasteiger partial charge < -0.3 is 20.1 Å². The molecule has 0 bridgehead atoms. The molecule has 0 saturated heterocycles. The number of amides is 1. The van der Waals surface area contributed by atoms with Crippen molar-refractivity contribution in [3.63, 3.8) is 0 Å². The van der Waals surface area contributed by atoms with Gasteiger partial charge in [0, 0.05) is 24.9 Å². The molecule has 0 fully saturated rings. The van der Waals surface area contributed by atoms with Crippen LogP contribution >= 0.6 is 0 Å². The van der Waals surface area contributed by atoms with Crippen LogP contribution in [0.3, 0.4) is 0 Å². The molecular formula is C14H20N2O3. The van der Waals surface area contributed by atoms with Gasteiger partial charge in [0.05, 0.1) is 5.69 Å². The summed E-state index contributed by atoms with van der Waals surface area (Å²) < 4.78 is 5.46. The third kappa shape index (κ3) is 2.51. The number of nitrogens with zero attached hydrogens (tertiary/aromatic N) is 1. The molecule has 0 spiro atoms. The fourth-order valence-electron chi connectivity index (χ4n) is 2.36. The first kappa shape index (κ1) is 13.7. The molecule has 1 aromatic carbocycles. The Bertz CT molecular complexity index is 486. The van der Waals surface area contributed by atoms with E-state index in [9.17, 15) is 9.90 Å². The molecule has 19 heavy (non-hydrogen) atoms. The molecule has 1 heterocycles. The molecule has 0 aromatic heterocycles. The quantitative estimate of drug-likeness (QED) is 0.867. The molecule has 5 heteroatoms. The molecule has 1 aliphatic heterocycles. The average Bonchev–Trinajstić information content (AvgIpc) is 2.37. The SMILES string of the molecule is CNc1ccc2c(c1)N(C(C)(C)CCO)C(=O)CO2. The lowest BCUT2D eigenvalue weighted by Gasteiger charge is -2.41. The van der Waals surface area contributed by atoms with Crippen molar-refractivity contribution in [3.8, 4) is 5.75 Å². The van der Waals surface area contributed by atoms with Crippen LogP contribution in [-0.2, 0) is 4.79 Å². The van der Waals surface area contributed by atoms with Gasteiger partial charge >= 0.3 is 0 Å². The number of hydrogen-bond acceptors (Lipinski definition) is 4. The summed E-state index contributed by atoms with van der Waals surface area (Å²) in [7, 11) is 1.83. The number of carbonyl (C=O) groups is 1. The van der Waals surface area contributed by atoms with Crippen LogP contribution in [0, 0.1) is 0 Å². The van der Waals surface area contributed by atoms with Gasteiger partial charge in [0.1, 0.15) is 5.75 Å². The number of ether oxygens (including phenoxy) is 1. The summed E-state index contributed by atoms with van der Waals surface area (Å²) >= 11 is 0. The Balaban J connectivity index is 2.47. The Hall–Kier alpha value is -1.75. The van der Waals surface area contributed by atoms with E-state index in [1.165, 1.54) is 0 Å². The summed E-state index contributed by atoms with van der Waals surface area (Å²) in [5.41, 5.74) is 1.22. The van der Waals surface area contributed by atoms with Crippen LogP contribution in [0.25, 0.3) is 0 Å². The maximum absolute atomic E-state index is 12.2. The summed E-state index contributed by atoms with van der Waals surface area (Å²) in [6.07, 6.45) is 0.516. The van der Waals surface area contributed by atoms with Gasteiger partial charge in [0.15, 0.2) is 6.61 Å². The first-order valence-electron chi connectivity index (χ1n) is 6.38. The number of rotatable bonds is 4. The second kappa shape index (κ2) is 5.09. The van der Waals surface area contributed by atoms with Gasteiger partial charge in [-0.15, -0.1) is 0 Å². The minimum absolute atomic E-state index is 0.0404. The molecule has 0 radical (unpaired) electrons. The van der Waals surface area contributed by atoms with Crippen LogP contribution in [0.1, 0.15) is 20.3 Å². The Kier molecular flexibility index (Phi) is 3.66. The number of carbonyl (C=O) groups excluding carboxylic acids is 1. The summed E-state index contributed by atoms with van der Waals surface area (Å²) in [6, 6.07) is 5.66. The molecule has 0 atom stereocenters. The number of anilines is 2. The van der Waals surface area contributed by atoms with E-state index in [-0.39, 0.29) is 19.1 Å². The van der Waals surface area contributed by atoms with E-state index in [2.05, 4.69) is 5.32 Å². The van der Waals surface area contributed by atoms with E-state index < -0.39 is 5.54 Å². The summed E-state index contributed by atoms with van der Waals surface area (Å²) in [5.74, 6) is 0.615. The smallest absolute Gasteiger partial charge is 0.265 e. The van der Waals surface area contributed by atoms with Crippen LogP contribution in [0.5, 0.6) is 5.75 Å². The lowest BCUT2D eigenvalue weighted by Crippen LogP contribution is -2.52. The maximum Gasteiger partial charge on any atom is 0.265 e. The van der Waals surface area contributed by atoms with Gasteiger partial charge in [0.2, 0.25) is 0 Å². The third-order valence-electron chi connectivity index (χ3n) is 3.42. The normalized spacial score (nSPS) is 14.9. The highest BCUT2D eigenvalue weighted by Gasteiger charge is 2.36. The highest BCUT2D eigenvalue weighted by molar-refractivity contribution is 5.99. The molecular weight excluding hydrogens is 244 g/mol. The molecule has 1 amide bonds. The van der Waals surface area contributed by atoms with E-state index >= 15 is 0 Å². The molecule has 1 aromatic rings. The first-order chi connectivity index (χ1) is 8.99. The Labute approximate surface area is 113 Å². The van der Waals surface area contributed by atoms with Gasteiger partial charge in [-0.1, -0.05) is 0 Å². The Morgan fingerprint density at radius 2 is 2.21 bits per heavy atom. The molecule has 1 aliphatic rings. The van der Waals surface area contributed by atoms with Crippen LogP contribution in [0.2, 0.25) is 0 Å². The van der Waals surface area contributed by atoms with Gasteiger partial charge in [-0.3, -0.25) is 4.79 Å². The fraction of sp³-hybridized carbons (Fsp3) is 0.500. The van der Waals surface area contributed by atoms with Crippen molar-refractivity contribution in [2.75, 3.05) is 30.5 Å². The number of hydrogen-bond donors (Lipinski definition) is 2. The maximum atomic E-state index is 12.2. The monoisotopic (exact) mass is 264 g/mol. The number of benzene rings is 1. The van der Waals surface area contributed by atoms with E-state index in [1.54, 1.807) is 4.90 Å². The van der Waals surface area contributed by atoms with Crippen molar-refractivity contribution in [2.45, 2.75) is 25.8 Å². The lowest BCUT2D eigenvalue weighted by molar-refractivity contribution is -0.122. The number of nitrogens with one attached hydrogen (secondary N) is 1. The number of aliphatic hydroxyl groups excluding tert-OH is 1. The predicted octanol–water partition coefficient (Wildman–Crippen LogP) is 1.61. The van der Waals surface area contributed by atoms with Crippen LogP contribution in [0.15, 0.2) is 18.2 Å². The van der Waals surface area contributed by atoms with Gasteiger partial charge in [-0.05, 0) is 38.5 Å². The standard InChI is InChI=1S/C14H20N2O3/c1-14(2,6-7-17)16-11-8-10(15-3)4-5-12(11)19-9-13(16)18/h4-5,8,15,17H,6-7,9H2,1-3H3. The molecule has 5 nitrogen and oxygen atoms in total. The summed E-state index contributed by atoms with van der Waals surface area (Å²) in [6.45, 7) is 3.98. The highest BCUT2D eigenvalue weighted by Crippen LogP contribution is 2.39.